The van der Waals surface area contributed by atoms with Crippen molar-refractivity contribution in [3.8, 4) is 0 Å². The van der Waals surface area contributed by atoms with Gasteiger partial charge in [0.15, 0.2) is 0 Å². The highest BCUT2D eigenvalue weighted by molar-refractivity contribution is 5.77. The first-order valence-corrected chi connectivity index (χ1v) is 3.50. The monoisotopic (exact) mass is 175 g/mol. The maximum absolute atomic E-state index is 10.5. The van der Waals surface area contributed by atoms with Gasteiger partial charge in [-0.1, -0.05) is 0 Å². The van der Waals surface area contributed by atoms with Gasteiger partial charge >= 0.3 is 12.4 Å². The minimum absolute atomic E-state index is 0.0844. The maximum Gasteiger partial charge on any atom is 0.329 e. The van der Waals surface area contributed by atoms with Gasteiger partial charge in [-0.2, -0.15) is 5.48 Å². The van der Waals surface area contributed by atoms with E-state index in [2.05, 4.69) is 10.2 Å². The molecule has 0 saturated carbocycles. The first-order valence-electron chi connectivity index (χ1n) is 3.50. The lowest BCUT2D eigenvalue weighted by atomic mass is 10.2. The lowest BCUT2D eigenvalue weighted by Gasteiger charge is -2.18. The molecule has 0 aromatic carbocycles. The van der Waals surface area contributed by atoms with Gasteiger partial charge in [0.05, 0.1) is 5.60 Å². The van der Waals surface area contributed by atoms with Crippen LogP contribution in [0.4, 0.5) is 0 Å². The molecule has 0 atom stereocenters. The average molecular weight is 175 g/mol. The highest BCUT2D eigenvalue weighted by Gasteiger charge is 2.11. The molecule has 0 aliphatic carbocycles. The molecule has 0 amide bonds. The molecule has 0 saturated heterocycles. The predicted molar refractivity (Wildman–Crippen MR) is 41.0 cm³/mol. The summed E-state index contributed by atoms with van der Waals surface area (Å²) in [4.78, 5) is 25.2. The van der Waals surface area contributed by atoms with Gasteiger partial charge in [-0.15, -0.1) is 0 Å². The molecule has 0 aliphatic rings. The van der Waals surface area contributed by atoms with Crippen LogP contribution >= 0.6 is 0 Å². The third-order valence-corrected chi connectivity index (χ3v) is 0.774. The number of ether oxygens (including phenoxy) is 1. The summed E-state index contributed by atoms with van der Waals surface area (Å²) in [5.74, 6) is -0.672. The quantitative estimate of drug-likeness (QED) is 0.282. The predicted octanol–water partition coefficient (Wildman–Crippen LogP) is 0.00570. The molecule has 1 N–H and O–H groups in total. The lowest BCUT2D eigenvalue weighted by Crippen LogP contribution is -2.33. The van der Waals surface area contributed by atoms with Crippen LogP contribution in [0.5, 0.6) is 0 Å². The Morgan fingerprint density at radius 3 is 2.50 bits per heavy atom. The Labute approximate surface area is 71.0 Å². The van der Waals surface area contributed by atoms with Crippen molar-refractivity contribution in [1.82, 2.24) is 5.48 Å². The molecular weight excluding hydrogens is 162 g/mol. The molecule has 0 aromatic heterocycles. The van der Waals surface area contributed by atoms with Gasteiger partial charge in [0.25, 0.3) is 0 Å². The van der Waals surface area contributed by atoms with Gasteiger partial charge in [-0.25, -0.2) is 0 Å². The molecule has 5 nitrogen and oxygen atoms in total. The summed E-state index contributed by atoms with van der Waals surface area (Å²) in [5.41, 5.74) is 2.00. The summed E-state index contributed by atoms with van der Waals surface area (Å²) in [6.45, 7) is 5.41. The summed E-state index contributed by atoms with van der Waals surface area (Å²) < 4.78 is 3.99. The Balaban J connectivity index is 3.43. The number of carbonyl (C=O) groups is 2. The fourth-order valence-corrected chi connectivity index (χ4v) is 0.407. The maximum atomic E-state index is 10.5. The number of esters is 1. The van der Waals surface area contributed by atoms with E-state index in [4.69, 9.17) is 4.84 Å². The Bertz CT molecular complexity index is 161. The zero-order chi connectivity index (χ0) is 9.61. The molecular formula is C7H13NO4. The van der Waals surface area contributed by atoms with Crippen molar-refractivity contribution in [2.75, 3.05) is 6.54 Å². The van der Waals surface area contributed by atoms with Crippen LogP contribution in [-0.2, 0) is 19.2 Å². The van der Waals surface area contributed by atoms with E-state index < -0.39 is 5.97 Å². The van der Waals surface area contributed by atoms with E-state index in [1.165, 1.54) is 0 Å². The third-order valence-electron chi connectivity index (χ3n) is 0.774. The van der Waals surface area contributed by atoms with Crippen molar-refractivity contribution in [2.45, 2.75) is 26.4 Å². The summed E-state index contributed by atoms with van der Waals surface area (Å²) in [6, 6.07) is 0. The molecule has 0 aromatic rings. The molecule has 0 spiro atoms. The normalized spacial score (nSPS) is 10.9. The van der Waals surface area contributed by atoms with E-state index in [0.29, 0.717) is 0 Å². The standard InChI is InChI=1S/C7H13NO4/c1-7(2,3)12-8-4-6(10)11-5-9/h5,8H,4H2,1-3H3. The molecule has 0 unspecified atom stereocenters. The molecule has 0 heterocycles. The van der Waals surface area contributed by atoms with Crippen LogP contribution in [0, 0.1) is 0 Å². The fraction of sp³-hybridized carbons (Fsp3) is 0.714. The molecule has 0 bridgehead atoms. The van der Waals surface area contributed by atoms with Crippen LogP contribution in [0.25, 0.3) is 0 Å². The van der Waals surface area contributed by atoms with E-state index in [-0.39, 0.29) is 18.6 Å². The van der Waals surface area contributed by atoms with Gasteiger partial charge < -0.3 is 4.74 Å². The fourth-order valence-electron chi connectivity index (χ4n) is 0.407. The van der Waals surface area contributed by atoms with Crippen LogP contribution in [0.15, 0.2) is 0 Å². The summed E-state index contributed by atoms with van der Waals surface area (Å²) in [7, 11) is 0. The average Bonchev–Trinajstić information content (AvgIpc) is 1.84. The van der Waals surface area contributed by atoms with E-state index in [9.17, 15) is 9.59 Å². The van der Waals surface area contributed by atoms with E-state index in [0.717, 1.165) is 0 Å². The Kier molecular flexibility index (Phi) is 4.46. The van der Waals surface area contributed by atoms with Crippen molar-refractivity contribution in [3.63, 3.8) is 0 Å². The molecule has 70 valence electrons. The summed E-state index contributed by atoms with van der Waals surface area (Å²) in [6.07, 6.45) is 0. The van der Waals surface area contributed by atoms with Crippen molar-refractivity contribution >= 4 is 12.4 Å². The van der Waals surface area contributed by atoms with Crippen molar-refractivity contribution < 1.29 is 19.2 Å². The number of hydrogen-bond acceptors (Lipinski definition) is 5. The molecule has 0 fully saturated rings. The van der Waals surface area contributed by atoms with Gasteiger partial charge in [-0.3, -0.25) is 14.4 Å². The van der Waals surface area contributed by atoms with E-state index >= 15 is 0 Å². The van der Waals surface area contributed by atoms with Gasteiger partial charge in [0.1, 0.15) is 6.54 Å². The molecule has 0 aliphatic heterocycles. The first kappa shape index (κ1) is 11.1. The largest absolute Gasteiger partial charge is 0.394 e. The van der Waals surface area contributed by atoms with Crippen LogP contribution in [0.3, 0.4) is 0 Å². The van der Waals surface area contributed by atoms with Crippen LogP contribution in [0.2, 0.25) is 0 Å². The SMILES string of the molecule is CC(C)(C)ONCC(=O)OC=O. The van der Waals surface area contributed by atoms with Gasteiger partial charge in [-0.05, 0) is 20.8 Å². The molecule has 0 rings (SSSR count). The van der Waals surface area contributed by atoms with Crippen LogP contribution < -0.4 is 5.48 Å². The van der Waals surface area contributed by atoms with Gasteiger partial charge in [0.2, 0.25) is 0 Å². The highest BCUT2D eigenvalue weighted by atomic mass is 16.7. The van der Waals surface area contributed by atoms with Crippen LogP contribution in [-0.4, -0.2) is 24.6 Å². The van der Waals surface area contributed by atoms with Crippen molar-refractivity contribution in [3.05, 3.63) is 0 Å². The Morgan fingerprint density at radius 2 is 2.08 bits per heavy atom. The van der Waals surface area contributed by atoms with Crippen LogP contribution in [0.1, 0.15) is 20.8 Å². The second kappa shape index (κ2) is 4.84. The number of carbonyl (C=O) groups excluding carboxylic acids is 2. The minimum atomic E-state index is -0.672. The smallest absolute Gasteiger partial charge is 0.329 e. The zero-order valence-electron chi connectivity index (χ0n) is 7.42. The number of rotatable bonds is 4. The second-order valence-electron chi connectivity index (χ2n) is 3.12. The number of nitrogens with one attached hydrogen (secondary N) is 1. The highest BCUT2D eigenvalue weighted by Crippen LogP contribution is 2.02. The van der Waals surface area contributed by atoms with Crippen molar-refractivity contribution in [2.24, 2.45) is 0 Å². The molecule has 5 heteroatoms. The summed E-state index contributed by atoms with van der Waals surface area (Å²) >= 11 is 0. The minimum Gasteiger partial charge on any atom is -0.394 e. The van der Waals surface area contributed by atoms with E-state index in [1.54, 1.807) is 0 Å². The zero-order valence-corrected chi connectivity index (χ0v) is 7.42. The molecule has 12 heavy (non-hydrogen) atoms. The van der Waals surface area contributed by atoms with Gasteiger partial charge in [0, 0.05) is 0 Å². The second-order valence-corrected chi connectivity index (χ2v) is 3.12. The van der Waals surface area contributed by atoms with Crippen molar-refractivity contribution in [1.29, 1.82) is 0 Å². The lowest BCUT2D eigenvalue weighted by molar-refractivity contribution is -0.154. The summed E-state index contributed by atoms with van der Waals surface area (Å²) in [5, 5.41) is 0. The Hall–Kier alpha value is -0.940. The number of hydrogen-bond donors (Lipinski definition) is 1. The third kappa shape index (κ3) is 7.17. The number of hydroxylamine groups is 1. The Morgan fingerprint density at radius 1 is 1.50 bits per heavy atom. The molecule has 0 radical (unpaired) electrons. The first-order chi connectivity index (χ1) is 5.45. The topological polar surface area (TPSA) is 64.6 Å². The van der Waals surface area contributed by atoms with E-state index in [1.807, 2.05) is 20.8 Å².